The number of hydrogen-bond acceptors (Lipinski definition) is 7. The number of likely N-dealkylation sites (tertiary alicyclic amines) is 1. The number of benzene rings is 3. The lowest BCUT2D eigenvalue weighted by molar-refractivity contribution is -0.133. The number of hydrogen-bond donors (Lipinski definition) is 4. The van der Waals surface area contributed by atoms with Crippen LogP contribution < -0.4 is 16.0 Å². The van der Waals surface area contributed by atoms with Crippen LogP contribution in [0.2, 0.25) is 5.02 Å². The fraction of sp³-hybridized carbons (Fsp3) is 0.241. The van der Waals surface area contributed by atoms with E-state index >= 15 is 0 Å². The van der Waals surface area contributed by atoms with Gasteiger partial charge in [0.15, 0.2) is 5.60 Å². The van der Waals surface area contributed by atoms with Crippen LogP contribution in [0.3, 0.4) is 0 Å². The van der Waals surface area contributed by atoms with Crippen LogP contribution in [-0.2, 0) is 26.3 Å². The number of anilines is 2. The Morgan fingerprint density at radius 3 is 2.56 bits per heavy atom. The number of ether oxygens (including phenoxy) is 2. The molecule has 0 aliphatic carbocycles. The molecule has 11 nitrogen and oxygen atoms in total. The van der Waals surface area contributed by atoms with Crippen LogP contribution in [0.1, 0.15) is 27.9 Å². The molecule has 1 spiro atoms. The molecule has 0 saturated carbocycles. The molecule has 2 aliphatic rings. The largest absolute Gasteiger partial charge is 0.508 e. The first-order chi connectivity index (χ1) is 19.7. The standard InChI is InChI=1S/C29H27ClN4O7/c1-40-27(38)31-20-7-4-18(5-8-20)25(36)32-24(14-17-2-9-21(35)10-3-17)26(37)34-13-12-29(16-34)22-15-19(30)6-11-23(22)33-28(39)41-29/h2-11,15,24,35H,12-14,16H2,1H3,(H,31,38)(H,32,36)(H,33,39)/t24-,29?/m0/s1. The summed E-state index contributed by atoms with van der Waals surface area (Å²) in [6.07, 6.45) is -0.753. The smallest absolute Gasteiger partial charge is 0.412 e. The van der Waals surface area contributed by atoms with Gasteiger partial charge in [0.05, 0.1) is 19.3 Å². The van der Waals surface area contributed by atoms with Crippen molar-refractivity contribution >= 4 is 47.0 Å². The van der Waals surface area contributed by atoms with Gasteiger partial charge in [-0.05, 0) is 60.2 Å². The third kappa shape index (κ3) is 6.04. The number of nitrogens with one attached hydrogen (secondary N) is 3. The summed E-state index contributed by atoms with van der Waals surface area (Å²) < 4.78 is 10.3. The molecule has 2 heterocycles. The third-order valence-electron chi connectivity index (χ3n) is 7.10. The minimum Gasteiger partial charge on any atom is -0.508 e. The molecule has 12 heteroatoms. The van der Waals surface area contributed by atoms with E-state index in [9.17, 15) is 24.3 Å². The molecule has 2 atom stereocenters. The highest BCUT2D eigenvalue weighted by atomic mass is 35.5. The van der Waals surface area contributed by atoms with Crippen molar-refractivity contribution in [2.45, 2.75) is 24.5 Å². The van der Waals surface area contributed by atoms with Crippen molar-refractivity contribution in [2.75, 3.05) is 30.8 Å². The summed E-state index contributed by atoms with van der Waals surface area (Å²) in [7, 11) is 1.24. The summed E-state index contributed by atoms with van der Waals surface area (Å²) >= 11 is 6.24. The summed E-state index contributed by atoms with van der Waals surface area (Å²) in [6, 6.07) is 16.6. The number of carbonyl (C=O) groups excluding carboxylic acids is 4. The van der Waals surface area contributed by atoms with Gasteiger partial charge in [-0.2, -0.15) is 0 Å². The summed E-state index contributed by atoms with van der Waals surface area (Å²) in [4.78, 5) is 52.5. The lowest BCUT2D eigenvalue weighted by Crippen LogP contribution is -2.50. The Labute approximate surface area is 240 Å². The van der Waals surface area contributed by atoms with Gasteiger partial charge in [-0.3, -0.25) is 20.2 Å². The van der Waals surface area contributed by atoms with Crippen LogP contribution in [0, 0.1) is 0 Å². The van der Waals surface area contributed by atoms with Crippen LogP contribution in [-0.4, -0.2) is 60.2 Å². The van der Waals surface area contributed by atoms with Crippen molar-refractivity contribution < 1.29 is 33.8 Å². The van der Waals surface area contributed by atoms with E-state index in [2.05, 4.69) is 20.7 Å². The van der Waals surface area contributed by atoms with Crippen molar-refractivity contribution in [1.82, 2.24) is 10.2 Å². The Kier molecular flexibility index (Phi) is 7.71. The van der Waals surface area contributed by atoms with E-state index in [4.69, 9.17) is 16.3 Å². The topological polar surface area (TPSA) is 146 Å². The van der Waals surface area contributed by atoms with Crippen LogP contribution >= 0.6 is 11.6 Å². The predicted octanol–water partition coefficient (Wildman–Crippen LogP) is 4.25. The Morgan fingerprint density at radius 1 is 1.12 bits per heavy atom. The van der Waals surface area contributed by atoms with E-state index in [1.807, 2.05) is 0 Å². The molecule has 41 heavy (non-hydrogen) atoms. The number of methoxy groups -OCH3 is 1. The zero-order chi connectivity index (χ0) is 29.1. The number of aromatic hydroxyl groups is 1. The van der Waals surface area contributed by atoms with Gasteiger partial charge in [0, 0.05) is 41.2 Å². The molecule has 2 aliphatic heterocycles. The number of nitrogens with zero attached hydrogens (tertiary/aromatic N) is 1. The van der Waals surface area contributed by atoms with Crippen LogP contribution in [0.15, 0.2) is 66.7 Å². The molecule has 212 valence electrons. The number of fused-ring (bicyclic) bond motifs is 2. The summed E-state index contributed by atoms with van der Waals surface area (Å²) in [6.45, 7) is 0.371. The molecule has 5 rings (SSSR count). The molecule has 1 unspecified atom stereocenters. The molecular formula is C29H27ClN4O7. The molecule has 3 aromatic rings. The van der Waals surface area contributed by atoms with Gasteiger partial charge in [0.1, 0.15) is 11.8 Å². The molecule has 4 N–H and O–H groups in total. The monoisotopic (exact) mass is 578 g/mol. The maximum atomic E-state index is 13.9. The van der Waals surface area contributed by atoms with E-state index < -0.39 is 29.7 Å². The fourth-order valence-electron chi connectivity index (χ4n) is 5.05. The van der Waals surface area contributed by atoms with E-state index in [1.165, 1.54) is 31.4 Å². The normalized spacial score (nSPS) is 18.1. The Balaban J connectivity index is 1.37. The molecule has 0 aromatic heterocycles. The van der Waals surface area contributed by atoms with Crippen LogP contribution in [0.25, 0.3) is 0 Å². The number of phenols is 1. The van der Waals surface area contributed by atoms with E-state index in [0.29, 0.717) is 28.4 Å². The van der Waals surface area contributed by atoms with Gasteiger partial charge in [-0.25, -0.2) is 9.59 Å². The van der Waals surface area contributed by atoms with E-state index in [-0.39, 0.29) is 36.7 Å². The van der Waals surface area contributed by atoms with Crippen molar-refractivity contribution in [3.8, 4) is 5.75 Å². The number of carbonyl (C=O) groups is 4. The highest BCUT2D eigenvalue weighted by Gasteiger charge is 2.49. The Morgan fingerprint density at radius 2 is 1.85 bits per heavy atom. The highest BCUT2D eigenvalue weighted by Crippen LogP contribution is 2.43. The van der Waals surface area contributed by atoms with Crippen LogP contribution in [0.5, 0.6) is 5.75 Å². The van der Waals surface area contributed by atoms with Crippen LogP contribution in [0.4, 0.5) is 21.0 Å². The van der Waals surface area contributed by atoms with Gasteiger partial charge < -0.3 is 24.8 Å². The summed E-state index contributed by atoms with van der Waals surface area (Å²) in [5.41, 5.74) is 1.60. The van der Waals surface area contributed by atoms with Crippen molar-refractivity contribution in [3.63, 3.8) is 0 Å². The second kappa shape index (κ2) is 11.4. The average molecular weight is 579 g/mol. The lowest BCUT2D eigenvalue weighted by atomic mass is 9.90. The minimum absolute atomic E-state index is 0.0767. The number of halogens is 1. The first-order valence-corrected chi connectivity index (χ1v) is 13.2. The second-order valence-corrected chi connectivity index (χ2v) is 10.2. The molecule has 0 radical (unpaired) electrons. The highest BCUT2D eigenvalue weighted by molar-refractivity contribution is 6.30. The van der Waals surface area contributed by atoms with Crippen molar-refractivity contribution in [1.29, 1.82) is 0 Å². The first-order valence-electron chi connectivity index (χ1n) is 12.8. The Bertz CT molecular complexity index is 1500. The molecule has 1 fully saturated rings. The zero-order valence-corrected chi connectivity index (χ0v) is 22.7. The second-order valence-electron chi connectivity index (χ2n) is 9.80. The fourth-order valence-corrected chi connectivity index (χ4v) is 5.22. The number of amides is 4. The Hall–Kier alpha value is -4.77. The van der Waals surface area contributed by atoms with Crippen molar-refractivity contribution in [2.24, 2.45) is 0 Å². The molecule has 1 saturated heterocycles. The van der Waals surface area contributed by atoms with Gasteiger partial charge >= 0.3 is 12.2 Å². The maximum Gasteiger partial charge on any atom is 0.412 e. The average Bonchev–Trinajstić information content (AvgIpc) is 3.38. The van der Waals surface area contributed by atoms with E-state index in [1.54, 1.807) is 47.4 Å². The molecule has 4 amide bonds. The van der Waals surface area contributed by atoms with Crippen molar-refractivity contribution in [3.05, 3.63) is 88.4 Å². The lowest BCUT2D eigenvalue weighted by Gasteiger charge is -2.35. The predicted molar refractivity (Wildman–Crippen MR) is 150 cm³/mol. The molecule has 0 bridgehead atoms. The summed E-state index contributed by atoms with van der Waals surface area (Å²) in [5.74, 6) is -0.774. The maximum absolute atomic E-state index is 13.9. The summed E-state index contributed by atoms with van der Waals surface area (Å²) in [5, 5.41) is 18.2. The minimum atomic E-state index is -1.08. The SMILES string of the molecule is COC(=O)Nc1ccc(C(=O)N[C@@H](Cc2ccc(O)cc2)C(=O)N2CCC3(C2)OC(=O)Nc2ccc(Cl)cc23)cc1. The van der Waals surface area contributed by atoms with Gasteiger partial charge in [-0.15, -0.1) is 0 Å². The molecular weight excluding hydrogens is 552 g/mol. The third-order valence-corrected chi connectivity index (χ3v) is 7.33. The molecule has 3 aromatic carbocycles. The van der Waals surface area contributed by atoms with Gasteiger partial charge in [-0.1, -0.05) is 23.7 Å². The van der Waals surface area contributed by atoms with Gasteiger partial charge in [0.25, 0.3) is 5.91 Å². The first kappa shape index (κ1) is 27.8. The van der Waals surface area contributed by atoms with E-state index in [0.717, 1.165) is 5.56 Å². The van der Waals surface area contributed by atoms with Gasteiger partial charge in [0.2, 0.25) is 5.91 Å². The quantitative estimate of drug-likeness (QED) is 0.342. The number of phenolic OH excluding ortho intramolecular Hbond substituents is 1. The zero-order valence-electron chi connectivity index (χ0n) is 22.0. The number of rotatable bonds is 6.